The first-order valence-electron chi connectivity index (χ1n) is 8.35. The summed E-state index contributed by atoms with van der Waals surface area (Å²) in [6.07, 6.45) is 3.23. The number of carbonyl (C=O) groups is 1. The SMILES string of the molecule is CF.Fc1ccc(-c2cc3cc(F)cc(F)c3[nH]2)cc1.NC(=O)C1CCC1. The van der Waals surface area contributed by atoms with E-state index in [0.717, 1.165) is 18.9 Å². The number of alkyl halides is 1. The van der Waals surface area contributed by atoms with Crippen molar-refractivity contribution in [2.45, 2.75) is 19.3 Å². The lowest BCUT2D eigenvalue weighted by molar-refractivity contribution is -0.124. The number of carbonyl (C=O) groups excluding carboxylic acids is 1. The fourth-order valence-electron chi connectivity index (χ4n) is 2.64. The quantitative estimate of drug-likeness (QED) is 0.597. The van der Waals surface area contributed by atoms with E-state index in [9.17, 15) is 22.4 Å². The van der Waals surface area contributed by atoms with Crippen LogP contribution < -0.4 is 5.73 Å². The molecule has 0 bridgehead atoms. The van der Waals surface area contributed by atoms with Gasteiger partial charge in [-0.1, -0.05) is 6.42 Å². The van der Waals surface area contributed by atoms with Crippen LogP contribution in [0.1, 0.15) is 19.3 Å². The second-order valence-electron chi connectivity index (χ2n) is 6.07. The van der Waals surface area contributed by atoms with E-state index < -0.39 is 11.6 Å². The summed E-state index contributed by atoms with van der Waals surface area (Å²) in [4.78, 5) is 13.1. The topological polar surface area (TPSA) is 58.9 Å². The Morgan fingerprint density at radius 2 is 1.63 bits per heavy atom. The Balaban J connectivity index is 0.000000244. The summed E-state index contributed by atoms with van der Waals surface area (Å²) in [5, 5.41) is 0.451. The zero-order chi connectivity index (χ0) is 20.0. The minimum atomic E-state index is -0.640. The van der Waals surface area contributed by atoms with E-state index in [1.165, 1.54) is 24.6 Å². The smallest absolute Gasteiger partial charge is 0.220 e. The predicted octanol–water partition coefficient (Wildman–Crippen LogP) is 5.11. The molecule has 1 aliphatic rings. The third kappa shape index (κ3) is 5.09. The highest BCUT2D eigenvalue weighted by Gasteiger charge is 2.21. The molecule has 144 valence electrons. The summed E-state index contributed by atoms with van der Waals surface area (Å²) in [7, 11) is 0.500. The first kappa shape index (κ1) is 20.5. The van der Waals surface area contributed by atoms with Gasteiger partial charge in [-0.3, -0.25) is 9.18 Å². The highest BCUT2D eigenvalue weighted by molar-refractivity contribution is 5.86. The van der Waals surface area contributed by atoms with E-state index in [1.54, 1.807) is 18.2 Å². The molecule has 4 rings (SSSR count). The molecule has 0 saturated heterocycles. The number of fused-ring (bicyclic) bond motifs is 1. The van der Waals surface area contributed by atoms with Crippen LogP contribution >= 0.6 is 0 Å². The summed E-state index contributed by atoms with van der Waals surface area (Å²) in [5.41, 5.74) is 6.54. The van der Waals surface area contributed by atoms with Crippen LogP contribution in [0.4, 0.5) is 17.6 Å². The predicted molar refractivity (Wildman–Crippen MR) is 97.2 cm³/mol. The number of primary amides is 1. The number of hydrogen-bond acceptors (Lipinski definition) is 1. The molecule has 2 aromatic carbocycles. The van der Waals surface area contributed by atoms with E-state index in [-0.39, 0.29) is 23.2 Å². The van der Waals surface area contributed by atoms with Crippen LogP contribution in [0, 0.1) is 23.4 Å². The first-order chi connectivity index (χ1) is 12.9. The number of benzene rings is 2. The molecule has 1 aromatic heterocycles. The first-order valence-corrected chi connectivity index (χ1v) is 8.35. The minimum Gasteiger partial charge on any atom is -0.369 e. The van der Waals surface area contributed by atoms with Gasteiger partial charge in [-0.15, -0.1) is 0 Å². The van der Waals surface area contributed by atoms with E-state index in [0.29, 0.717) is 23.8 Å². The van der Waals surface area contributed by atoms with Crippen molar-refractivity contribution in [3.05, 3.63) is 59.9 Å². The maximum absolute atomic E-state index is 13.5. The molecule has 3 nitrogen and oxygen atoms in total. The van der Waals surface area contributed by atoms with Crippen molar-refractivity contribution in [3.63, 3.8) is 0 Å². The van der Waals surface area contributed by atoms with Gasteiger partial charge in [-0.2, -0.15) is 0 Å². The van der Waals surface area contributed by atoms with Gasteiger partial charge in [-0.25, -0.2) is 13.2 Å². The molecule has 0 radical (unpaired) electrons. The van der Waals surface area contributed by atoms with Gasteiger partial charge in [0.05, 0.1) is 12.7 Å². The van der Waals surface area contributed by atoms with Crippen LogP contribution in [-0.2, 0) is 4.79 Å². The lowest BCUT2D eigenvalue weighted by Gasteiger charge is -2.20. The molecule has 1 aliphatic carbocycles. The number of nitrogens with two attached hydrogens (primary N) is 1. The Kier molecular flexibility index (Phi) is 6.98. The van der Waals surface area contributed by atoms with E-state index in [1.807, 2.05) is 0 Å². The zero-order valence-electron chi connectivity index (χ0n) is 14.7. The van der Waals surface area contributed by atoms with Crippen molar-refractivity contribution in [1.29, 1.82) is 0 Å². The van der Waals surface area contributed by atoms with Crippen molar-refractivity contribution in [2.24, 2.45) is 11.7 Å². The summed E-state index contributed by atoms with van der Waals surface area (Å²) in [6.45, 7) is 0. The van der Waals surface area contributed by atoms with Gasteiger partial charge in [0, 0.05) is 23.1 Å². The average Bonchev–Trinajstić information content (AvgIpc) is 3.00. The number of rotatable bonds is 2. The second kappa shape index (κ2) is 9.21. The fraction of sp³-hybridized carbons (Fsp3) is 0.250. The van der Waals surface area contributed by atoms with Crippen LogP contribution in [0.25, 0.3) is 22.2 Å². The van der Waals surface area contributed by atoms with Gasteiger partial charge < -0.3 is 10.7 Å². The van der Waals surface area contributed by atoms with E-state index >= 15 is 0 Å². The molecular formula is C20H20F4N2O. The molecule has 0 atom stereocenters. The van der Waals surface area contributed by atoms with Crippen molar-refractivity contribution in [1.82, 2.24) is 4.98 Å². The lowest BCUT2D eigenvalue weighted by Crippen LogP contribution is -2.28. The molecule has 0 unspecified atom stereocenters. The van der Waals surface area contributed by atoms with Crippen molar-refractivity contribution in [2.75, 3.05) is 7.18 Å². The average molecular weight is 380 g/mol. The molecule has 27 heavy (non-hydrogen) atoms. The third-order valence-corrected chi connectivity index (χ3v) is 4.31. The van der Waals surface area contributed by atoms with Gasteiger partial charge in [0.15, 0.2) is 0 Å². The fourth-order valence-corrected chi connectivity index (χ4v) is 2.64. The molecule has 0 spiro atoms. The van der Waals surface area contributed by atoms with Crippen LogP contribution in [0.5, 0.6) is 0 Å². The Morgan fingerprint density at radius 1 is 1.00 bits per heavy atom. The molecule has 3 aromatic rings. The van der Waals surface area contributed by atoms with Gasteiger partial charge >= 0.3 is 0 Å². The number of hydrogen-bond donors (Lipinski definition) is 2. The van der Waals surface area contributed by atoms with Crippen molar-refractivity contribution < 1.29 is 22.4 Å². The number of nitrogens with one attached hydrogen (secondary N) is 1. The Hall–Kier alpha value is -2.83. The molecule has 1 fully saturated rings. The van der Waals surface area contributed by atoms with Crippen molar-refractivity contribution >= 4 is 16.8 Å². The monoisotopic (exact) mass is 380 g/mol. The van der Waals surface area contributed by atoms with Gasteiger partial charge in [0.2, 0.25) is 5.91 Å². The van der Waals surface area contributed by atoms with Crippen LogP contribution in [-0.4, -0.2) is 18.1 Å². The number of aromatic amines is 1. The molecule has 1 saturated carbocycles. The van der Waals surface area contributed by atoms with Crippen LogP contribution in [0.3, 0.4) is 0 Å². The Morgan fingerprint density at radius 3 is 2.11 bits per heavy atom. The standard InChI is InChI=1S/C14H8F3N.C5H9NO.CH3F/c15-10-3-1-8(2-4-10)13-6-9-5-11(16)7-12(17)14(9)18-13;6-5(7)4-2-1-3-4;1-2/h1-7,18H;4H,1-3H2,(H2,6,7);1H3. The zero-order valence-corrected chi connectivity index (χ0v) is 14.7. The number of aromatic nitrogens is 1. The summed E-state index contributed by atoms with van der Waals surface area (Å²) >= 11 is 0. The molecule has 1 heterocycles. The lowest BCUT2D eigenvalue weighted by atomic mass is 9.85. The Labute approximate surface area is 154 Å². The minimum absolute atomic E-state index is 0.119. The third-order valence-electron chi connectivity index (χ3n) is 4.31. The van der Waals surface area contributed by atoms with Gasteiger partial charge in [0.25, 0.3) is 0 Å². The summed E-state index contributed by atoms with van der Waals surface area (Å²) < 4.78 is 48.9. The van der Waals surface area contributed by atoms with Crippen LogP contribution in [0.2, 0.25) is 0 Å². The van der Waals surface area contributed by atoms with Gasteiger partial charge in [-0.05, 0) is 54.8 Å². The number of H-pyrrole nitrogens is 1. The molecule has 1 amide bonds. The van der Waals surface area contributed by atoms with E-state index in [4.69, 9.17) is 5.73 Å². The highest BCUT2D eigenvalue weighted by Crippen LogP contribution is 2.27. The van der Waals surface area contributed by atoms with Crippen molar-refractivity contribution in [3.8, 4) is 11.3 Å². The maximum Gasteiger partial charge on any atom is 0.220 e. The molecular weight excluding hydrogens is 360 g/mol. The second-order valence-corrected chi connectivity index (χ2v) is 6.07. The molecule has 7 heteroatoms. The Bertz CT molecular complexity index is 902. The highest BCUT2D eigenvalue weighted by atomic mass is 19.1. The molecule has 3 N–H and O–H groups in total. The normalized spacial score (nSPS) is 13.1. The number of amides is 1. The summed E-state index contributed by atoms with van der Waals surface area (Å²) in [6, 6.07) is 9.50. The largest absolute Gasteiger partial charge is 0.369 e. The number of halogens is 4. The van der Waals surface area contributed by atoms with Crippen LogP contribution in [0.15, 0.2) is 42.5 Å². The van der Waals surface area contributed by atoms with E-state index in [2.05, 4.69) is 4.98 Å². The van der Waals surface area contributed by atoms with Gasteiger partial charge in [0.1, 0.15) is 17.5 Å². The summed E-state index contributed by atoms with van der Waals surface area (Å²) in [5.74, 6) is -1.50. The maximum atomic E-state index is 13.5. The molecule has 0 aliphatic heterocycles.